The van der Waals surface area contributed by atoms with E-state index in [2.05, 4.69) is 61.6 Å². The van der Waals surface area contributed by atoms with Crippen molar-refractivity contribution in [3.05, 3.63) is 115 Å². The molecule has 0 spiro atoms. The molecule has 5 rings (SSSR count). The van der Waals surface area contributed by atoms with Crippen molar-refractivity contribution in [2.75, 3.05) is 4.90 Å². The number of rotatable bonds is 5. The van der Waals surface area contributed by atoms with E-state index in [9.17, 15) is 14.4 Å². The van der Waals surface area contributed by atoms with Gasteiger partial charge in [-0.15, -0.1) is 11.8 Å². The van der Waals surface area contributed by atoms with Crippen LogP contribution in [0, 0.1) is 40.0 Å². The minimum absolute atomic E-state index is 0.0650. The summed E-state index contributed by atoms with van der Waals surface area (Å²) in [5.41, 5.74) is 13.6. The van der Waals surface area contributed by atoms with Crippen molar-refractivity contribution < 1.29 is 9.18 Å². The average Bonchev–Trinajstić information content (AvgIpc) is 2.89. The van der Waals surface area contributed by atoms with Gasteiger partial charge in [-0.2, -0.15) is 5.26 Å². The highest BCUT2D eigenvalue weighted by atomic mass is 127. The summed E-state index contributed by atoms with van der Waals surface area (Å²) in [5, 5.41) is 10.5. The van der Waals surface area contributed by atoms with Crippen molar-refractivity contribution in [1.82, 2.24) is 0 Å². The largest absolute Gasteiger partial charge is 0.384 e. The molecule has 1 aliphatic heterocycles. The van der Waals surface area contributed by atoms with Crippen molar-refractivity contribution >= 4 is 45.8 Å². The summed E-state index contributed by atoms with van der Waals surface area (Å²) in [5.74, 6) is 0.337. The first-order chi connectivity index (χ1) is 19.0. The van der Waals surface area contributed by atoms with Crippen molar-refractivity contribution in [1.29, 1.82) is 5.26 Å². The van der Waals surface area contributed by atoms with Crippen LogP contribution in [0.4, 0.5) is 10.1 Å². The number of carbonyl (C=O) groups excluding carboxylic acids is 1. The number of halogens is 2. The number of anilines is 1. The number of Topliss-reactive ketones (excluding diaryl/α,β-unsaturated/α-hetero) is 1. The van der Waals surface area contributed by atoms with Gasteiger partial charge in [-0.05, 0) is 113 Å². The molecule has 3 aromatic rings. The molecule has 0 radical (unpaired) electrons. The molecule has 2 N–H and O–H groups in total. The number of carbonyl (C=O) groups is 1. The molecule has 40 heavy (non-hydrogen) atoms. The van der Waals surface area contributed by atoms with E-state index in [0.717, 1.165) is 42.1 Å². The quantitative estimate of drug-likeness (QED) is 0.220. The fourth-order valence-electron chi connectivity index (χ4n) is 5.81. The van der Waals surface area contributed by atoms with Crippen LogP contribution in [0.2, 0.25) is 0 Å². The van der Waals surface area contributed by atoms with Gasteiger partial charge in [0, 0.05) is 37.6 Å². The molecule has 204 valence electrons. The smallest absolute Gasteiger partial charge is 0.162 e. The maximum absolute atomic E-state index is 14.0. The maximum atomic E-state index is 14.0. The van der Waals surface area contributed by atoms with E-state index in [0.29, 0.717) is 35.6 Å². The molecule has 1 heterocycles. The lowest BCUT2D eigenvalue weighted by Gasteiger charge is -2.44. The van der Waals surface area contributed by atoms with Gasteiger partial charge in [-0.25, -0.2) is 4.39 Å². The van der Waals surface area contributed by atoms with E-state index < -0.39 is 5.92 Å². The molecule has 1 atom stereocenters. The molecule has 0 saturated carbocycles. The molecular formula is C33H31FIN3OS. The number of nitrogens with zero attached hydrogens (tertiary/aromatic N) is 2. The third-order valence-corrected chi connectivity index (χ3v) is 9.46. The first-order valence-electron chi connectivity index (χ1n) is 13.2. The normalized spacial score (nSPS) is 18.6. The van der Waals surface area contributed by atoms with Gasteiger partial charge in [-0.1, -0.05) is 31.5 Å². The fourth-order valence-corrected chi connectivity index (χ4v) is 7.12. The van der Waals surface area contributed by atoms with Crippen LogP contribution in [0.5, 0.6) is 0 Å². The number of nitrogens with two attached hydrogens (primary N) is 1. The van der Waals surface area contributed by atoms with Crippen molar-refractivity contribution in [3.63, 3.8) is 0 Å². The standard InChI is InChI=1S/C33H31FIN3OS/c1-19-13-21(18-40-25-11-5-22(34)6-12-25)20(2)26(14-19)30-27(17-36)32(37)38(24-9-7-23(35)8-10-24)28-15-33(3,4)16-29(39)31(28)30/h5-14,30H,15-16,18,37H2,1-4H3. The molecule has 2 aliphatic rings. The molecule has 3 aromatic carbocycles. The Hall–Kier alpha value is -3.09. The van der Waals surface area contributed by atoms with E-state index in [4.69, 9.17) is 5.73 Å². The predicted octanol–water partition coefficient (Wildman–Crippen LogP) is 8.28. The van der Waals surface area contributed by atoms with Gasteiger partial charge in [0.25, 0.3) is 0 Å². The molecule has 1 unspecified atom stereocenters. The fraction of sp³-hybridized carbons (Fsp3) is 0.273. The lowest BCUT2D eigenvalue weighted by molar-refractivity contribution is -0.118. The highest BCUT2D eigenvalue weighted by molar-refractivity contribution is 14.1. The lowest BCUT2D eigenvalue weighted by atomic mass is 9.68. The highest BCUT2D eigenvalue weighted by Gasteiger charge is 2.45. The second kappa shape index (κ2) is 11.1. The SMILES string of the molecule is Cc1cc(CSc2ccc(F)cc2)c(C)c(C2C(C#N)=C(N)N(c3ccc(I)cc3)C3=C2C(=O)CC(C)(C)C3)c1. The zero-order valence-corrected chi connectivity index (χ0v) is 26.0. The van der Waals surface area contributed by atoms with Crippen LogP contribution in [-0.4, -0.2) is 5.78 Å². The summed E-state index contributed by atoms with van der Waals surface area (Å²) < 4.78 is 14.5. The second-order valence-electron chi connectivity index (χ2n) is 11.3. The Bertz CT molecular complexity index is 1600. The predicted molar refractivity (Wildman–Crippen MR) is 168 cm³/mol. The molecule has 7 heteroatoms. The Morgan fingerprint density at radius 1 is 1.10 bits per heavy atom. The van der Waals surface area contributed by atoms with Gasteiger partial charge in [0.15, 0.2) is 5.78 Å². The van der Waals surface area contributed by atoms with Crippen LogP contribution in [0.15, 0.2) is 88.2 Å². The zero-order chi connectivity index (χ0) is 28.8. The Morgan fingerprint density at radius 2 is 1.77 bits per heavy atom. The van der Waals surface area contributed by atoms with Crippen LogP contribution in [0.3, 0.4) is 0 Å². The van der Waals surface area contributed by atoms with E-state index in [1.165, 1.54) is 12.1 Å². The number of allylic oxidation sites excluding steroid dienone is 3. The van der Waals surface area contributed by atoms with Gasteiger partial charge in [0.1, 0.15) is 11.6 Å². The number of hydrogen-bond acceptors (Lipinski definition) is 5. The zero-order valence-electron chi connectivity index (χ0n) is 23.0. The summed E-state index contributed by atoms with van der Waals surface area (Å²) in [6, 6.07) is 21.1. The summed E-state index contributed by atoms with van der Waals surface area (Å²) in [4.78, 5) is 16.9. The van der Waals surface area contributed by atoms with Crippen LogP contribution in [-0.2, 0) is 10.5 Å². The monoisotopic (exact) mass is 663 g/mol. The summed E-state index contributed by atoms with van der Waals surface area (Å²) >= 11 is 3.90. The van der Waals surface area contributed by atoms with Crippen molar-refractivity contribution in [2.45, 2.75) is 57.1 Å². The first-order valence-corrected chi connectivity index (χ1v) is 15.3. The third-order valence-electron chi connectivity index (χ3n) is 7.68. The maximum Gasteiger partial charge on any atom is 0.162 e. The topological polar surface area (TPSA) is 70.1 Å². The molecular weight excluding hydrogens is 632 g/mol. The Morgan fingerprint density at radius 3 is 2.42 bits per heavy atom. The number of benzene rings is 3. The lowest BCUT2D eigenvalue weighted by Crippen LogP contribution is -2.42. The second-order valence-corrected chi connectivity index (χ2v) is 13.6. The molecule has 0 amide bonds. The van der Waals surface area contributed by atoms with E-state index in [-0.39, 0.29) is 17.0 Å². The third kappa shape index (κ3) is 5.44. The average molecular weight is 664 g/mol. The first kappa shape index (κ1) is 28.4. The molecule has 1 aliphatic carbocycles. The minimum atomic E-state index is -0.529. The van der Waals surface area contributed by atoms with Crippen molar-refractivity contribution in [2.24, 2.45) is 11.1 Å². The van der Waals surface area contributed by atoms with Crippen LogP contribution < -0.4 is 10.6 Å². The van der Waals surface area contributed by atoms with Crippen LogP contribution >= 0.6 is 34.4 Å². The molecule has 0 aromatic heterocycles. The van der Waals surface area contributed by atoms with E-state index in [1.54, 1.807) is 23.9 Å². The number of ketones is 1. The van der Waals surface area contributed by atoms with Crippen LogP contribution in [0.1, 0.15) is 54.9 Å². The van der Waals surface area contributed by atoms with E-state index >= 15 is 0 Å². The van der Waals surface area contributed by atoms with E-state index in [1.807, 2.05) is 36.1 Å². The molecule has 0 fully saturated rings. The summed E-state index contributed by atoms with van der Waals surface area (Å²) in [6.45, 7) is 8.32. The van der Waals surface area contributed by atoms with Gasteiger partial charge >= 0.3 is 0 Å². The minimum Gasteiger partial charge on any atom is -0.384 e. The van der Waals surface area contributed by atoms with Crippen LogP contribution in [0.25, 0.3) is 0 Å². The van der Waals surface area contributed by atoms with Gasteiger partial charge in [0.05, 0.1) is 17.6 Å². The van der Waals surface area contributed by atoms with Gasteiger partial charge < -0.3 is 5.73 Å². The molecule has 0 bridgehead atoms. The van der Waals surface area contributed by atoms with Crippen molar-refractivity contribution in [3.8, 4) is 6.07 Å². The molecule has 4 nitrogen and oxygen atoms in total. The van der Waals surface area contributed by atoms with Gasteiger partial charge in [-0.3, -0.25) is 9.69 Å². The Balaban J connectivity index is 1.66. The van der Waals surface area contributed by atoms with Gasteiger partial charge in [0.2, 0.25) is 0 Å². The number of hydrogen-bond donors (Lipinski definition) is 1. The number of thioether (sulfide) groups is 1. The summed E-state index contributed by atoms with van der Waals surface area (Å²) in [7, 11) is 0. The number of aryl methyl sites for hydroxylation is 1. The summed E-state index contributed by atoms with van der Waals surface area (Å²) in [6.07, 6.45) is 1.09. The number of nitriles is 1. The highest BCUT2D eigenvalue weighted by Crippen LogP contribution is 2.51. The Labute approximate surface area is 253 Å². The molecule has 0 saturated heterocycles. The Kier molecular flexibility index (Phi) is 7.86.